The molecule has 0 bridgehead atoms. The molecular weight excluding hydrogens is 262 g/mol. The second-order valence-corrected chi connectivity index (χ2v) is 4.63. The predicted octanol–water partition coefficient (Wildman–Crippen LogP) is 2.05. The van der Waals surface area contributed by atoms with Crippen LogP contribution >= 0.6 is 0 Å². The Balaban J connectivity index is 2.13. The molecule has 0 atom stereocenters. The molecule has 0 N–H and O–H groups in total. The molecule has 0 aliphatic rings. The van der Waals surface area contributed by atoms with Crippen molar-refractivity contribution in [1.82, 2.24) is 20.2 Å². The molecule has 0 spiro atoms. The third-order valence-electron chi connectivity index (χ3n) is 2.80. The van der Waals surface area contributed by atoms with Gasteiger partial charge in [0.25, 0.3) is 5.69 Å². The molecule has 2 aromatic rings. The van der Waals surface area contributed by atoms with E-state index in [9.17, 15) is 10.1 Å². The maximum Gasteiger partial charge on any atom is 0.276 e. The largest absolute Gasteiger partial charge is 0.485 e. The number of ether oxygens (including phenoxy) is 1. The van der Waals surface area contributed by atoms with Crippen molar-refractivity contribution in [2.45, 2.75) is 33.4 Å². The first-order valence-corrected chi connectivity index (χ1v) is 6.13. The van der Waals surface area contributed by atoms with E-state index in [4.69, 9.17) is 4.74 Å². The van der Waals surface area contributed by atoms with Gasteiger partial charge in [-0.2, -0.15) is 0 Å². The third-order valence-corrected chi connectivity index (χ3v) is 2.80. The first kappa shape index (κ1) is 13.9. The average Bonchev–Trinajstić information content (AvgIpc) is 2.86. The number of aryl methyl sites for hydroxylation is 1. The highest BCUT2D eigenvalue weighted by molar-refractivity contribution is 5.45. The van der Waals surface area contributed by atoms with Crippen molar-refractivity contribution in [3.05, 3.63) is 39.7 Å². The topological polar surface area (TPSA) is 96.0 Å². The van der Waals surface area contributed by atoms with E-state index in [1.807, 2.05) is 13.8 Å². The maximum atomic E-state index is 10.9. The van der Waals surface area contributed by atoms with Gasteiger partial charge in [0.15, 0.2) is 5.82 Å². The van der Waals surface area contributed by atoms with Crippen LogP contribution in [0.4, 0.5) is 5.69 Å². The van der Waals surface area contributed by atoms with Crippen molar-refractivity contribution in [1.29, 1.82) is 0 Å². The molecule has 2 rings (SSSR count). The van der Waals surface area contributed by atoms with Crippen LogP contribution in [0.3, 0.4) is 0 Å². The summed E-state index contributed by atoms with van der Waals surface area (Å²) in [7, 11) is 0. The van der Waals surface area contributed by atoms with Gasteiger partial charge in [-0.3, -0.25) is 10.1 Å². The first-order chi connectivity index (χ1) is 9.49. The summed E-state index contributed by atoms with van der Waals surface area (Å²) < 4.78 is 7.16. The van der Waals surface area contributed by atoms with Crippen LogP contribution in [-0.2, 0) is 6.61 Å². The zero-order chi connectivity index (χ0) is 14.7. The molecule has 1 aromatic heterocycles. The van der Waals surface area contributed by atoms with E-state index in [0.717, 1.165) is 0 Å². The summed E-state index contributed by atoms with van der Waals surface area (Å²) >= 11 is 0. The number of hydrogen-bond donors (Lipinski definition) is 0. The minimum Gasteiger partial charge on any atom is -0.485 e. The van der Waals surface area contributed by atoms with Crippen LogP contribution in [0.5, 0.6) is 5.75 Å². The Morgan fingerprint density at radius 3 is 2.85 bits per heavy atom. The van der Waals surface area contributed by atoms with Crippen molar-refractivity contribution in [3.63, 3.8) is 0 Å². The monoisotopic (exact) mass is 277 g/mol. The van der Waals surface area contributed by atoms with Gasteiger partial charge in [0.1, 0.15) is 12.4 Å². The third kappa shape index (κ3) is 2.90. The number of aromatic nitrogens is 4. The molecule has 0 aliphatic carbocycles. The van der Waals surface area contributed by atoms with E-state index in [1.165, 1.54) is 6.07 Å². The average molecular weight is 277 g/mol. The van der Waals surface area contributed by atoms with Crippen LogP contribution < -0.4 is 4.74 Å². The predicted molar refractivity (Wildman–Crippen MR) is 70.4 cm³/mol. The lowest BCUT2D eigenvalue weighted by Gasteiger charge is -2.09. The highest BCUT2D eigenvalue weighted by Gasteiger charge is 2.13. The molecule has 0 saturated carbocycles. The summed E-state index contributed by atoms with van der Waals surface area (Å²) in [5.74, 6) is 0.990. The number of nitro benzene ring substituents is 1. The lowest BCUT2D eigenvalue weighted by atomic mass is 10.2. The van der Waals surface area contributed by atoms with Gasteiger partial charge in [-0.05, 0) is 43.3 Å². The Labute approximate surface area is 115 Å². The van der Waals surface area contributed by atoms with Crippen LogP contribution in [0.25, 0.3) is 0 Å². The summed E-state index contributed by atoms with van der Waals surface area (Å²) in [6.07, 6.45) is 0. The fourth-order valence-electron chi connectivity index (χ4n) is 1.73. The number of rotatable bonds is 5. The molecule has 8 nitrogen and oxygen atoms in total. The Morgan fingerprint density at radius 2 is 2.20 bits per heavy atom. The van der Waals surface area contributed by atoms with Crippen LogP contribution in [0.2, 0.25) is 0 Å². The minimum atomic E-state index is -0.430. The van der Waals surface area contributed by atoms with Gasteiger partial charge in [0.2, 0.25) is 0 Å². The number of nitro groups is 1. The maximum absolute atomic E-state index is 10.9. The number of benzene rings is 1. The quantitative estimate of drug-likeness (QED) is 0.613. The molecule has 0 aliphatic heterocycles. The van der Waals surface area contributed by atoms with Gasteiger partial charge in [-0.15, -0.1) is 5.10 Å². The summed E-state index contributed by atoms with van der Waals surface area (Å²) in [5, 5.41) is 22.2. The van der Waals surface area contributed by atoms with E-state index in [0.29, 0.717) is 17.1 Å². The van der Waals surface area contributed by atoms with Crippen molar-refractivity contribution in [3.8, 4) is 5.75 Å². The first-order valence-electron chi connectivity index (χ1n) is 6.13. The van der Waals surface area contributed by atoms with Crippen LogP contribution in [0.15, 0.2) is 18.2 Å². The lowest BCUT2D eigenvalue weighted by molar-refractivity contribution is -0.385. The summed E-state index contributed by atoms with van der Waals surface area (Å²) in [4.78, 5) is 10.4. The van der Waals surface area contributed by atoms with E-state index in [-0.39, 0.29) is 18.3 Å². The van der Waals surface area contributed by atoms with Crippen molar-refractivity contribution in [2.75, 3.05) is 0 Å². The van der Waals surface area contributed by atoms with Crippen molar-refractivity contribution >= 4 is 5.69 Å². The summed E-state index contributed by atoms with van der Waals surface area (Å²) in [6, 6.07) is 4.86. The van der Waals surface area contributed by atoms with Gasteiger partial charge in [0.05, 0.1) is 17.0 Å². The second-order valence-electron chi connectivity index (χ2n) is 4.63. The second kappa shape index (κ2) is 5.64. The molecule has 0 radical (unpaired) electrons. The van der Waals surface area contributed by atoms with Crippen molar-refractivity contribution < 1.29 is 9.66 Å². The summed E-state index contributed by atoms with van der Waals surface area (Å²) in [6.45, 7) is 5.75. The molecule has 1 aromatic carbocycles. The van der Waals surface area contributed by atoms with Gasteiger partial charge < -0.3 is 4.74 Å². The smallest absolute Gasteiger partial charge is 0.276 e. The minimum absolute atomic E-state index is 0.0333. The Morgan fingerprint density at radius 1 is 1.45 bits per heavy atom. The molecule has 0 unspecified atom stereocenters. The van der Waals surface area contributed by atoms with E-state index in [1.54, 1.807) is 23.7 Å². The van der Waals surface area contributed by atoms with Gasteiger partial charge >= 0.3 is 0 Å². The molecule has 106 valence electrons. The Kier molecular flexibility index (Phi) is 3.92. The van der Waals surface area contributed by atoms with Gasteiger partial charge in [-0.1, -0.05) is 0 Å². The zero-order valence-electron chi connectivity index (χ0n) is 11.5. The van der Waals surface area contributed by atoms with E-state index < -0.39 is 4.92 Å². The van der Waals surface area contributed by atoms with E-state index in [2.05, 4.69) is 15.5 Å². The SMILES string of the molecule is Cc1ccc(OCc2nnnn2C(C)C)cc1[N+](=O)[O-]. The molecule has 8 heteroatoms. The molecule has 0 saturated heterocycles. The van der Waals surface area contributed by atoms with Crippen LogP contribution in [0, 0.1) is 17.0 Å². The molecule has 1 heterocycles. The Hall–Kier alpha value is -2.51. The van der Waals surface area contributed by atoms with Crippen LogP contribution in [-0.4, -0.2) is 25.1 Å². The van der Waals surface area contributed by atoms with Crippen LogP contribution in [0.1, 0.15) is 31.3 Å². The standard InChI is InChI=1S/C12H15N5O3/c1-8(2)16-12(13-14-15-16)7-20-10-5-4-9(3)11(6-10)17(18)19/h4-6,8H,7H2,1-3H3. The molecule has 0 fully saturated rings. The lowest BCUT2D eigenvalue weighted by Crippen LogP contribution is -2.10. The normalized spacial score (nSPS) is 10.8. The summed E-state index contributed by atoms with van der Waals surface area (Å²) in [5.41, 5.74) is 0.625. The molecule has 20 heavy (non-hydrogen) atoms. The number of tetrazole rings is 1. The molecular formula is C12H15N5O3. The fourth-order valence-corrected chi connectivity index (χ4v) is 1.73. The Bertz CT molecular complexity index is 623. The zero-order valence-corrected chi connectivity index (χ0v) is 11.5. The highest BCUT2D eigenvalue weighted by atomic mass is 16.6. The van der Waals surface area contributed by atoms with Gasteiger partial charge in [-0.25, -0.2) is 4.68 Å². The number of nitrogens with zero attached hydrogens (tertiary/aromatic N) is 5. The van der Waals surface area contributed by atoms with E-state index >= 15 is 0 Å². The highest BCUT2D eigenvalue weighted by Crippen LogP contribution is 2.24. The fraction of sp³-hybridized carbons (Fsp3) is 0.417. The number of hydrogen-bond acceptors (Lipinski definition) is 6. The van der Waals surface area contributed by atoms with Crippen molar-refractivity contribution in [2.24, 2.45) is 0 Å². The van der Waals surface area contributed by atoms with Gasteiger partial charge in [0, 0.05) is 5.56 Å². The molecule has 0 amide bonds.